The Morgan fingerprint density at radius 2 is 1.86 bits per heavy atom. The van der Waals surface area contributed by atoms with Crippen LogP contribution in [0, 0.1) is 0 Å². The zero-order valence-corrected chi connectivity index (χ0v) is 27.2. The molecule has 1 aliphatic rings. The summed E-state index contributed by atoms with van der Waals surface area (Å²) in [6.45, 7) is 9.58. The lowest BCUT2D eigenvalue weighted by atomic mass is 10.1. The van der Waals surface area contributed by atoms with Gasteiger partial charge in [-0.15, -0.1) is 0 Å². The van der Waals surface area contributed by atoms with Crippen LogP contribution in [-0.4, -0.2) is 67.8 Å². The summed E-state index contributed by atoms with van der Waals surface area (Å²) in [5, 5.41) is 6.77. The second-order valence-electron chi connectivity index (χ2n) is 11.2. The molecule has 0 radical (unpaired) electrons. The van der Waals surface area contributed by atoms with E-state index in [4.69, 9.17) is 14.2 Å². The molecule has 10 nitrogen and oxygen atoms in total. The zero-order valence-electron chi connectivity index (χ0n) is 26.4. The number of hydrogen-bond donors (Lipinski definition) is 2. The summed E-state index contributed by atoms with van der Waals surface area (Å²) in [6.07, 6.45) is 6.91. The number of aromatic nitrogens is 1. The van der Waals surface area contributed by atoms with E-state index in [1.807, 2.05) is 18.2 Å². The van der Waals surface area contributed by atoms with Crippen LogP contribution >= 0.6 is 11.3 Å². The number of piperidine rings is 1. The fourth-order valence-corrected chi connectivity index (χ4v) is 5.74. The molecule has 0 spiro atoms. The van der Waals surface area contributed by atoms with Crippen molar-refractivity contribution < 1.29 is 23.8 Å². The Labute approximate surface area is 264 Å². The first-order chi connectivity index (χ1) is 21.3. The molecule has 1 fully saturated rings. The van der Waals surface area contributed by atoms with Gasteiger partial charge in [0.05, 0.1) is 12.8 Å². The van der Waals surface area contributed by atoms with Crippen molar-refractivity contribution in [2.75, 3.05) is 44.0 Å². The molecule has 0 bridgehead atoms. The number of carbonyl (C=O) groups is 2. The number of methoxy groups -OCH3 is 1. The number of unbranched alkanes of at least 4 members (excludes halogenated alkanes) is 2. The van der Waals surface area contributed by atoms with Crippen LogP contribution in [-0.2, 0) is 11.3 Å². The maximum atomic E-state index is 13.2. The Bertz CT molecular complexity index is 1350. The molecule has 0 aliphatic carbocycles. The van der Waals surface area contributed by atoms with Gasteiger partial charge in [-0.3, -0.25) is 9.69 Å². The van der Waals surface area contributed by atoms with E-state index >= 15 is 0 Å². The van der Waals surface area contributed by atoms with E-state index < -0.39 is 0 Å². The summed E-state index contributed by atoms with van der Waals surface area (Å²) in [5.74, 6) is 1.18. The molecule has 0 saturated carbocycles. The van der Waals surface area contributed by atoms with Gasteiger partial charge in [0.1, 0.15) is 17.6 Å². The molecule has 2 aromatic carbocycles. The molecule has 3 amide bonds. The fourth-order valence-electron chi connectivity index (χ4n) is 5.00. The molecule has 0 unspecified atom stereocenters. The van der Waals surface area contributed by atoms with Crippen LogP contribution in [0.25, 0.3) is 0 Å². The van der Waals surface area contributed by atoms with Crippen LogP contribution in [0.3, 0.4) is 0 Å². The maximum absolute atomic E-state index is 13.2. The molecule has 4 rings (SSSR count). The van der Waals surface area contributed by atoms with Gasteiger partial charge in [-0.25, -0.2) is 9.78 Å². The van der Waals surface area contributed by atoms with Gasteiger partial charge in [0.25, 0.3) is 5.91 Å². The number of urea groups is 1. The number of benzene rings is 2. The summed E-state index contributed by atoms with van der Waals surface area (Å²) >= 11 is 1.26. The van der Waals surface area contributed by atoms with Crippen molar-refractivity contribution in [2.45, 2.75) is 71.6 Å². The monoisotopic (exact) mass is 623 g/mol. The normalized spacial score (nSPS) is 14.0. The van der Waals surface area contributed by atoms with Crippen LogP contribution < -0.4 is 25.0 Å². The third-order valence-electron chi connectivity index (χ3n) is 7.57. The number of rotatable bonds is 14. The van der Waals surface area contributed by atoms with Gasteiger partial charge < -0.3 is 29.7 Å². The quantitative estimate of drug-likeness (QED) is 0.188. The molecule has 44 heavy (non-hydrogen) atoms. The molecular formula is C33H45N5O5S. The van der Waals surface area contributed by atoms with Gasteiger partial charge in [-0.1, -0.05) is 31.1 Å². The number of thiazole rings is 1. The van der Waals surface area contributed by atoms with Crippen molar-refractivity contribution in [2.24, 2.45) is 0 Å². The highest BCUT2D eigenvalue weighted by Crippen LogP contribution is 2.35. The number of anilines is 2. The van der Waals surface area contributed by atoms with Crippen LogP contribution in [0.4, 0.5) is 15.6 Å². The lowest BCUT2D eigenvalue weighted by Gasteiger charge is -2.34. The summed E-state index contributed by atoms with van der Waals surface area (Å²) in [6, 6.07) is 13.0. The van der Waals surface area contributed by atoms with E-state index in [0.29, 0.717) is 46.4 Å². The predicted molar refractivity (Wildman–Crippen MR) is 175 cm³/mol. The second kappa shape index (κ2) is 16.4. The van der Waals surface area contributed by atoms with Crippen LogP contribution in [0.2, 0.25) is 0 Å². The van der Waals surface area contributed by atoms with Crippen LogP contribution in [0.1, 0.15) is 68.8 Å². The number of amides is 3. The standard InChI is InChI=1S/C33H45N5O5S/c1-6-7-8-17-34-32(40)36-26-11-14-29(25(20-26)22-41-5)43-30-21-35-33(44-30)37(4)31(39)24-9-12-27(13-10-24)42-28-15-18-38(19-16-28)23(2)3/h9-14,20-21,23,28H,6-8,15-19,22H2,1-5H3,(H2,34,36,40). The topological polar surface area (TPSA) is 105 Å². The Kier molecular flexibility index (Phi) is 12.4. The lowest BCUT2D eigenvalue weighted by molar-refractivity contribution is 0.0843. The first-order valence-electron chi connectivity index (χ1n) is 15.4. The highest BCUT2D eigenvalue weighted by Gasteiger charge is 2.23. The van der Waals surface area contributed by atoms with E-state index in [-0.39, 0.29) is 18.0 Å². The van der Waals surface area contributed by atoms with E-state index in [0.717, 1.165) is 56.5 Å². The van der Waals surface area contributed by atoms with Crippen molar-refractivity contribution in [1.29, 1.82) is 0 Å². The molecule has 3 aromatic rings. The SMILES string of the molecule is CCCCCNC(=O)Nc1ccc(Oc2cnc(N(C)C(=O)c3ccc(OC4CCN(C(C)C)CC4)cc3)s2)c(COC)c1. The predicted octanol–water partition coefficient (Wildman–Crippen LogP) is 6.92. The molecule has 1 aromatic heterocycles. The summed E-state index contributed by atoms with van der Waals surface area (Å²) in [7, 11) is 3.30. The van der Waals surface area contributed by atoms with Crippen molar-refractivity contribution >= 4 is 34.1 Å². The largest absolute Gasteiger partial charge is 0.490 e. The Hall–Kier alpha value is -3.67. The lowest BCUT2D eigenvalue weighted by Crippen LogP contribution is -2.41. The van der Waals surface area contributed by atoms with Gasteiger partial charge in [-0.2, -0.15) is 0 Å². The minimum atomic E-state index is -0.248. The average molecular weight is 624 g/mol. The average Bonchev–Trinajstić information content (AvgIpc) is 3.49. The summed E-state index contributed by atoms with van der Waals surface area (Å²) in [4.78, 5) is 33.9. The Morgan fingerprint density at radius 1 is 1.11 bits per heavy atom. The highest BCUT2D eigenvalue weighted by atomic mass is 32.1. The van der Waals surface area contributed by atoms with Gasteiger partial charge >= 0.3 is 6.03 Å². The fraction of sp³-hybridized carbons (Fsp3) is 0.485. The Morgan fingerprint density at radius 3 is 2.55 bits per heavy atom. The number of carbonyl (C=O) groups excluding carboxylic acids is 2. The molecule has 0 atom stereocenters. The van der Waals surface area contributed by atoms with E-state index in [1.54, 1.807) is 44.6 Å². The van der Waals surface area contributed by atoms with Gasteiger partial charge in [0.2, 0.25) is 5.06 Å². The van der Waals surface area contributed by atoms with Crippen molar-refractivity contribution in [1.82, 2.24) is 15.2 Å². The summed E-state index contributed by atoms with van der Waals surface area (Å²) < 4.78 is 17.7. The van der Waals surface area contributed by atoms with Crippen molar-refractivity contribution in [3.63, 3.8) is 0 Å². The van der Waals surface area contributed by atoms with Gasteiger partial charge in [0.15, 0.2) is 5.13 Å². The van der Waals surface area contributed by atoms with Crippen molar-refractivity contribution in [3.05, 3.63) is 59.8 Å². The number of nitrogens with zero attached hydrogens (tertiary/aromatic N) is 3. The van der Waals surface area contributed by atoms with Crippen LogP contribution in [0.5, 0.6) is 16.6 Å². The van der Waals surface area contributed by atoms with E-state index in [9.17, 15) is 9.59 Å². The van der Waals surface area contributed by atoms with Crippen LogP contribution in [0.15, 0.2) is 48.7 Å². The minimum absolute atomic E-state index is 0.175. The smallest absolute Gasteiger partial charge is 0.319 e. The number of nitrogens with one attached hydrogen (secondary N) is 2. The number of likely N-dealkylation sites (tertiary alicyclic amines) is 1. The first kappa shape index (κ1) is 33.2. The van der Waals surface area contributed by atoms with Crippen molar-refractivity contribution in [3.8, 4) is 16.6 Å². The van der Waals surface area contributed by atoms with Gasteiger partial charge in [0, 0.05) is 56.6 Å². The van der Waals surface area contributed by atoms with E-state index in [2.05, 4.69) is 41.3 Å². The molecule has 11 heteroatoms. The molecule has 1 aliphatic heterocycles. The molecular weight excluding hydrogens is 578 g/mol. The minimum Gasteiger partial charge on any atom is -0.490 e. The third-order valence-corrected chi connectivity index (χ3v) is 8.52. The number of ether oxygens (including phenoxy) is 3. The second-order valence-corrected chi connectivity index (χ2v) is 12.2. The maximum Gasteiger partial charge on any atom is 0.319 e. The summed E-state index contributed by atoms with van der Waals surface area (Å²) in [5.41, 5.74) is 1.95. The van der Waals surface area contributed by atoms with E-state index in [1.165, 1.54) is 16.2 Å². The Balaban J connectivity index is 1.33. The number of hydrogen-bond acceptors (Lipinski definition) is 8. The highest BCUT2D eigenvalue weighted by molar-refractivity contribution is 7.17. The molecule has 2 heterocycles. The molecule has 2 N–H and O–H groups in total. The molecule has 1 saturated heterocycles. The first-order valence-corrected chi connectivity index (χ1v) is 16.2. The van der Waals surface area contributed by atoms with Gasteiger partial charge in [-0.05, 0) is 75.6 Å². The molecule has 238 valence electrons. The third kappa shape index (κ3) is 9.41. The zero-order chi connectivity index (χ0) is 31.5.